The van der Waals surface area contributed by atoms with Crippen LogP contribution in [0.4, 0.5) is 11.5 Å². The number of aromatic nitrogens is 4. The zero-order valence-electron chi connectivity index (χ0n) is 12.5. The maximum Gasteiger partial charge on any atom is 0.333 e. The fourth-order valence-corrected chi connectivity index (χ4v) is 2.29. The minimum Gasteiger partial charge on any atom is -0.364 e. The Hall–Kier alpha value is -2.38. The largest absolute Gasteiger partial charge is 0.364 e. The third-order valence-corrected chi connectivity index (χ3v) is 3.23. The molecule has 0 aromatic carbocycles. The molecule has 21 heavy (non-hydrogen) atoms. The number of aryl methyl sites for hydroxylation is 3. The van der Waals surface area contributed by atoms with E-state index < -0.39 is 0 Å². The summed E-state index contributed by atoms with van der Waals surface area (Å²) in [6.07, 6.45) is 5.91. The van der Waals surface area contributed by atoms with Crippen LogP contribution in [0.15, 0.2) is 12.4 Å². The normalized spacial score (nSPS) is 10.8. The van der Waals surface area contributed by atoms with E-state index in [4.69, 9.17) is 0 Å². The van der Waals surface area contributed by atoms with Gasteiger partial charge in [0.05, 0.1) is 11.1 Å². The van der Waals surface area contributed by atoms with E-state index in [1.807, 2.05) is 20.2 Å². The first-order chi connectivity index (χ1) is 10.0. The highest BCUT2D eigenvalue weighted by atomic mass is 16.6. The van der Waals surface area contributed by atoms with Gasteiger partial charge in [-0.2, -0.15) is 10.2 Å². The number of nitrogens with one attached hydrogen (secondary N) is 1. The molecule has 0 saturated carbocycles. The van der Waals surface area contributed by atoms with Crippen LogP contribution in [0, 0.1) is 10.1 Å². The molecule has 8 heteroatoms. The molecule has 0 fully saturated rings. The summed E-state index contributed by atoms with van der Waals surface area (Å²) in [4.78, 5) is 10.9. The molecule has 1 N–H and O–H groups in total. The van der Waals surface area contributed by atoms with Crippen molar-refractivity contribution in [3.8, 4) is 0 Å². The Bertz CT molecular complexity index is 631. The van der Waals surface area contributed by atoms with Gasteiger partial charge >= 0.3 is 5.69 Å². The average Bonchev–Trinajstić information content (AvgIpc) is 2.95. The van der Waals surface area contributed by atoms with Gasteiger partial charge in [-0.3, -0.25) is 14.8 Å². The van der Waals surface area contributed by atoms with Gasteiger partial charge in [-0.1, -0.05) is 13.3 Å². The third-order valence-electron chi connectivity index (χ3n) is 3.23. The maximum absolute atomic E-state index is 11.3. The van der Waals surface area contributed by atoms with Crippen molar-refractivity contribution in [1.82, 2.24) is 19.6 Å². The topological polar surface area (TPSA) is 90.8 Å². The SMILES string of the molecule is CCCc1nn(C)c(NCCc2cnn(C)c2)c1[N+](=O)[O-]. The first-order valence-corrected chi connectivity index (χ1v) is 6.94. The second kappa shape index (κ2) is 6.38. The number of anilines is 1. The first kappa shape index (κ1) is 15.0. The van der Waals surface area contributed by atoms with Crippen LogP contribution in [-0.2, 0) is 26.9 Å². The van der Waals surface area contributed by atoms with Crippen LogP contribution < -0.4 is 5.32 Å². The molecule has 0 aliphatic heterocycles. The standard InChI is InChI=1S/C13H20N6O2/c1-4-5-11-12(19(20)21)13(18(3)16-11)14-7-6-10-8-15-17(2)9-10/h8-9,14H,4-7H2,1-3H3. The van der Waals surface area contributed by atoms with E-state index in [0.29, 0.717) is 24.5 Å². The molecule has 0 spiro atoms. The predicted molar refractivity (Wildman–Crippen MR) is 79.3 cm³/mol. The maximum atomic E-state index is 11.3. The van der Waals surface area contributed by atoms with Crippen molar-refractivity contribution in [3.63, 3.8) is 0 Å². The van der Waals surface area contributed by atoms with Crippen LogP contribution >= 0.6 is 0 Å². The lowest BCUT2D eigenvalue weighted by molar-refractivity contribution is -0.384. The van der Waals surface area contributed by atoms with E-state index in [0.717, 1.165) is 18.4 Å². The van der Waals surface area contributed by atoms with Crippen molar-refractivity contribution in [2.75, 3.05) is 11.9 Å². The second-order valence-corrected chi connectivity index (χ2v) is 4.97. The molecule has 2 aromatic rings. The van der Waals surface area contributed by atoms with E-state index in [1.165, 1.54) is 0 Å². The van der Waals surface area contributed by atoms with Gasteiger partial charge in [-0.05, 0) is 18.4 Å². The minimum atomic E-state index is -0.357. The summed E-state index contributed by atoms with van der Waals surface area (Å²) >= 11 is 0. The molecule has 2 rings (SSSR count). The molecule has 2 aromatic heterocycles. The Kier molecular flexibility index (Phi) is 4.56. The molecule has 0 atom stereocenters. The molecule has 0 aliphatic carbocycles. The number of hydrogen-bond acceptors (Lipinski definition) is 5. The van der Waals surface area contributed by atoms with Crippen molar-refractivity contribution >= 4 is 11.5 Å². The van der Waals surface area contributed by atoms with Gasteiger partial charge < -0.3 is 5.32 Å². The van der Waals surface area contributed by atoms with E-state index in [1.54, 1.807) is 22.6 Å². The van der Waals surface area contributed by atoms with Crippen molar-refractivity contribution in [3.05, 3.63) is 33.8 Å². The van der Waals surface area contributed by atoms with Gasteiger partial charge in [0, 0.05) is 26.8 Å². The summed E-state index contributed by atoms with van der Waals surface area (Å²) < 4.78 is 3.29. The van der Waals surface area contributed by atoms with Crippen LogP contribution in [0.1, 0.15) is 24.6 Å². The van der Waals surface area contributed by atoms with Crippen molar-refractivity contribution in [1.29, 1.82) is 0 Å². The van der Waals surface area contributed by atoms with Crippen LogP contribution in [0.5, 0.6) is 0 Å². The lowest BCUT2D eigenvalue weighted by Gasteiger charge is -2.04. The van der Waals surface area contributed by atoms with Crippen molar-refractivity contribution < 1.29 is 4.92 Å². The Labute approximate surface area is 122 Å². The van der Waals surface area contributed by atoms with Crippen molar-refractivity contribution in [2.24, 2.45) is 14.1 Å². The zero-order chi connectivity index (χ0) is 15.4. The summed E-state index contributed by atoms with van der Waals surface area (Å²) in [6.45, 7) is 2.57. The lowest BCUT2D eigenvalue weighted by Crippen LogP contribution is -2.09. The summed E-state index contributed by atoms with van der Waals surface area (Å²) in [5, 5.41) is 22.7. The van der Waals surface area contributed by atoms with E-state index in [-0.39, 0.29) is 10.6 Å². The molecular weight excluding hydrogens is 272 g/mol. The molecule has 0 saturated heterocycles. The zero-order valence-corrected chi connectivity index (χ0v) is 12.5. The van der Waals surface area contributed by atoms with Gasteiger partial charge in [-0.15, -0.1) is 0 Å². The summed E-state index contributed by atoms with van der Waals surface area (Å²) in [6, 6.07) is 0. The van der Waals surface area contributed by atoms with E-state index in [2.05, 4.69) is 15.5 Å². The minimum absolute atomic E-state index is 0.0885. The van der Waals surface area contributed by atoms with Gasteiger partial charge in [0.25, 0.3) is 0 Å². The van der Waals surface area contributed by atoms with Crippen LogP contribution in [0.2, 0.25) is 0 Å². The summed E-state index contributed by atoms with van der Waals surface area (Å²) in [5.74, 6) is 0.465. The highest BCUT2D eigenvalue weighted by molar-refractivity contribution is 5.59. The summed E-state index contributed by atoms with van der Waals surface area (Å²) in [7, 11) is 3.58. The number of nitrogens with zero attached hydrogens (tertiary/aromatic N) is 5. The molecule has 0 amide bonds. The Balaban J connectivity index is 2.09. The van der Waals surface area contributed by atoms with E-state index >= 15 is 0 Å². The Morgan fingerprint density at radius 3 is 2.71 bits per heavy atom. The molecule has 114 valence electrons. The number of rotatable bonds is 7. The van der Waals surface area contributed by atoms with Crippen LogP contribution in [0.25, 0.3) is 0 Å². The van der Waals surface area contributed by atoms with Gasteiger partial charge in [0.2, 0.25) is 5.82 Å². The molecular formula is C13H20N6O2. The van der Waals surface area contributed by atoms with Gasteiger partial charge in [0.1, 0.15) is 5.69 Å². The molecule has 2 heterocycles. The lowest BCUT2D eigenvalue weighted by atomic mass is 10.2. The molecule has 8 nitrogen and oxygen atoms in total. The number of nitro groups is 1. The van der Waals surface area contributed by atoms with E-state index in [9.17, 15) is 10.1 Å². The fourth-order valence-electron chi connectivity index (χ4n) is 2.29. The molecule has 0 unspecified atom stereocenters. The van der Waals surface area contributed by atoms with Crippen LogP contribution in [-0.4, -0.2) is 31.0 Å². The highest BCUT2D eigenvalue weighted by Gasteiger charge is 2.25. The van der Waals surface area contributed by atoms with Gasteiger partial charge in [0.15, 0.2) is 0 Å². The number of hydrogen-bond donors (Lipinski definition) is 1. The monoisotopic (exact) mass is 292 g/mol. The quantitative estimate of drug-likeness (QED) is 0.619. The van der Waals surface area contributed by atoms with Crippen LogP contribution in [0.3, 0.4) is 0 Å². The Morgan fingerprint density at radius 1 is 1.38 bits per heavy atom. The second-order valence-electron chi connectivity index (χ2n) is 4.97. The summed E-state index contributed by atoms with van der Waals surface area (Å²) in [5.41, 5.74) is 1.71. The first-order valence-electron chi connectivity index (χ1n) is 6.94. The highest BCUT2D eigenvalue weighted by Crippen LogP contribution is 2.28. The fraction of sp³-hybridized carbons (Fsp3) is 0.538. The van der Waals surface area contributed by atoms with Crippen molar-refractivity contribution in [2.45, 2.75) is 26.2 Å². The molecule has 0 radical (unpaired) electrons. The predicted octanol–water partition coefficient (Wildman–Crippen LogP) is 1.67. The average molecular weight is 292 g/mol. The smallest absolute Gasteiger partial charge is 0.333 e. The molecule has 0 bridgehead atoms. The van der Waals surface area contributed by atoms with Gasteiger partial charge in [-0.25, -0.2) is 4.68 Å². The Morgan fingerprint density at radius 2 is 2.14 bits per heavy atom. The third kappa shape index (κ3) is 3.39. The molecule has 0 aliphatic rings.